The average molecular weight is 580 g/mol. The molecule has 0 fully saturated rings. The lowest BCUT2D eigenvalue weighted by Gasteiger charge is -2.34. The number of ether oxygens (including phenoxy) is 1. The Balaban J connectivity index is 2.00. The van der Waals surface area contributed by atoms with E-state index in [-0.39, 0.29) is 5.91 Å². The highest BCUT2D eigenvalue weighted by Crippen LogP contribution is 2.43. The molecule has 1 N–H and O–H groups in total. The van der Waals surface area contributed by atoms with Crippen molar-refractivity contribution in [1.29, 1.82) is 0 Å². The molecule has 2 atom stereocenters. The summed E-state index contributed by atoms with van der Waals surface area (Å²) in [5.74, 6) is -1.80. The molecule has 0 saturated carbocycles. The van der Waals surface area contributed by atoms with Crippen molar-refractivity contribution < 1.29 is 14.3 Å². The second kappa shape index (κ2) is 13.4. The zero-order valence-corrected chi connectivity index (χ0v) is 26.7. The number of para-hydroxylation sites is 1. The monoisotopic (exact) mass is 579 g/mol. The molecule has 218 valence electrons. The van der Waals surface area contributed by atoms with Crippen LogP contribution < -0.4 is 5.32 Å². The summed E-state index contributed by atoms with van der Waals surface area (Å²) in [5, 5.41) is 3.23. The summed E-state index contributed by atoms with van der Waals surface area (Å²) in [4.78, 5) is 28.4. The summed E-state index contributed by atoms with van der Waals surface area (Å²) in [5.41, 5.74) is 10.4. The number of nitrogens with one attached hydrogen (secondary N) is 1. The van der Waals surface area contributed by atoms with Gasteiger partial charge in [0, 0.05) is 17.7 Å². The summed E-state index contributed by atoms with van der Waals surface area (Å²) < 4.78 is 6.14. The van der Waals surface area contributed by atoms with E-state index in [9.17, 15) is 9.59 Å². The normalized spacial score (nSPS) is 12.6. The van der Waals surface area contributed by atoms with Crippen LogP contribution in [0.15, 0.2) is 83.8 Å². The van der Waals surface area contributed by atoms with Crippen LogP contribution in [0.1, 0.15) is 69.0 Å². The van der Waals surface area contributed by atoms with E-state index >= 15 is 0 Å². The largest absolute Gasteiger partial charge is 0.457 e. The average Bonchev–Trinajstić information content (AvgIpc) is 2.95. The molecule has 2 unspecified atom stereocenters. The second-order valence-corrected chi connectivity index (χ2v) is 12.1. The molecule has 0 spiro atoms. The Morgan fingerprint density at radius 1 is 0.667 bits per heavy atom. The van der Waals surface area contributed by atoms with Gasteiger partial charge in [-0.1, -0.05) is 66.7 Å². The van der Waals surface area contributed by atoms with Crippen LogP contribution in [-0.2, 0) is 14.3 Å². The van der Waals surface area contributed by atoms with Crippen molar-refractivity contribution in [2.45, 2.75) is 65.4 Å². The molecule has 4 rings (SSSR count). The van der Waals surface area contributed by atoms with Crippen LogP contribution in [0, 0.1) is 47.5 Å². The Kier molecular flexibility index (Phi) is 9.95. The van der Waals surface area contributed by atoms with Crippen LogP contribution in [-0.4, -0.2) is 18.1 Å². The fourth-order valence-electron chi connectivity index (χ4n) is 5.42. The first-order valence-corrected chi connectivity index (χ1v) is 15.5. The molecule has 42 heavy (non-hydrogen) atoms. The van der Waals surface area contributed by atoms with Crippen LogP contribution in [0.3, 0.4) is 0 Å². The minimum atomic E-state index is -0.823. The van der Waals surface area contributed by atoms with E-state index in [2.05, 4.69) is 76.3 Å². The lowest BCUT2D eigenvalue weighted by Crippen LogP contribution is -2.36. The molecule has 0 aliphatic carbocycles. The van der Waals surface area contributed by atoms with Gasteiger partial charge in [0.15, 0.2) is 0 Å². The highest BCUT2D eigenvalue weighted by molar-refractivity contribution is 7.98. The molecule has 0 radical (unpaired) electrons. The fourth-order valence-corrected chi connectivity index (χ4v) is 5.97. The maximum absolute atomic E-state index is 14.7. The van der Waals surface area contributed by atoms with Crippen molar-refractivity contribution in [3.8, 4) is 0 Å². The Bertz CT molecular complexity index is 1560. The highest BCUT2D eigenvalue weighted by Gasteiger charge is 2.41. The molecule has 0 aliphatic rings. The zero-order chi connectivity index (χ0) is 30.6. The molecule has 1 amide bonds. The van der Waals surface area contributed by atoms with Gasteiger partial charge in [-0.2, -0.15) is 0 Å². The Labute approximate surface area is 254 Å². The highest BCUT2D eigenvalue weighted by atomic mass is 32.2. The van der Waals surface area contributed by atoms with Crippen molar-refractivity contribution in [1.82, 2.24) is 0 Å². The van der Waals surface area contributed by atoms with Gasteiger partial charge in [-0.05, 0) is 110 Å². The van der Waals surface area contributed by atoms with Gasteiger partial charge in [-0.15, -0.1) is 11.8 Å². The fraction of sp³-hybridized carbons (Fsp3) is 0.297. The van der Waals surface area contributed by atoms with E-state index in [4.69, 9.17) is 4.74 Å². The molecule has 4 aromatic carbocycles. The van der Waals surface area contributed by atoms with Crippen molar-refractivity contribution in [2.75, 3.05) is 11.6 Å². The number of hydrogen-bond acceptors (Lipinski definition) is 4. The number of amides is 1. The number of anilines is 1. The third-order valence-electron chi connectivity index (χ3n) is 8.29. The molecule has 0 aromatic heterocycles. The van der Waals surface area contributed by atoms with E-state index in [0.717, 1.165) is 49.5 Å². The van der Waals surface area contributed by atoms with Crippen molar-refractivity contribution in [3.05, 3.63) is 129 Å². The Morgan fingerprint density at radius 3 is 1.62 bits per heavy atom. The minimum Gasteiger partial charge on any atom is -0.457 e. The first kappa shape index (κ1) is 31.1. The predicted molar refractivity (Wildman–Crippen MR) is 174 cm³/mol. The van der Waals surface area contributed by atoms with Crippen LogP contribution >= 0.6 is 11.8 Å². The van der Waals surface area contributed by atoms with E-state index in [1.165, 1.54) is 18.1 Å². The number of thioether (sulfide) groups is 1. The lowest BCUT2D eigenvalue weighted by atomic mass is 9.74. The summed E-state index contributed by atoms with van der Waals surface area (Å²) in [6.45, 7) is 13.9. The lowest BCUT2D eigenvalue weighted by molar-refractivity contribution is -0.151. The summed E-state index contributed by atoms with van der Waals surface area (Å²) in [7, 11) is 0. The van der Waals surface area contributed by atoms with Gasteiger partial charge in [-0.3, -0.25) is 9.59 Å². The maximum atomic E-state index is 14.7. The number of benzene rings is 4. The number of rotatable bonds is 9. The third kappa shape index (κ3) is 6.96. The van der Waals surface area contributed by atoms with Crippen molar-refractivity contribution >= 4 is 29.3 Å². The van der Waals surface area contributed by atoms with Gasteiger partial charge in [-0.25, -0.2) is 0 Å². The van der Waals surface area contributed by atoms with Gasteiger partial charge in [0.25, 0.3) is 0 Å². The first-order valence-electron chi connectivity index (χ1n) is 14.3. The standard InChI is InChI=1S/C37H41NO3S/c1-22-13-16-29(19-25(22)4)34(30-17-14-23(2)26(5)20-30)35(37(40)38-32-11-9-10-12-33(32)42-8)36(41-28(7)39)31-18-15-24(3)27(6)21-31/h9-21,34-36H,1-8H3,(H,38,40). The van der Waals surface area contributed by atoms with Gasteiger partial charge in [0.05, 0.1) is 11.6 Å². The number of carbonyl (C=O) groups is 2. The zero-order valence-electron chi connectivity index (χ0n) is 25.9. The van der Waals surface area contributed by atoms with E-state index in [0.29, 0.717) is 0 Å². The summed E-state index contributed by atoms with van der Waals surface area (Å²) in [6.07, 6.45) is 1.17. The summed E-state index contributed by atoms with van der Waals surface area (Å²) in [6, 6.07) is 26.6. The van der Waals surface area contributed by atoms with E-state index in [1.807, 2.05) is 55.6 Å². The van der Waals surface area contributed by atoms with Gasteiger partial charge >= 0.3 is 5.97 Å². The predicted octanol–water partition coefficient (Wildman–Crippen LogP) is 8.95. The van der Waals surface area contributed by atoms with E-state index < -0.39 is 23.9 Å². The number of esters is 1. The Morgan fingerprint density at radius 2 is 1.14 bits per heavy atom. The SMILES string of the molecule is CSc1ccccc1NC(=O)C(C(OC(C)=O)c1ccc(C)c(C)c1)C(c1ccc(C)c(C)c1)c1ccc(C)c(C)c1. The summed E-state index contributed by atoms with van der Waals surface area (Å²) >= 11 is 1.58. The molecule has 4 aromatic rings. The molecule has 0 aliphatic heterocycles. The topological polar surface area (TPSA) is 55.4 Å². The molecule has 0 bridgehead atoms. The van der Waals surface area contributed by atoms with Crippen LogP contribution in [0.2, 0.25) is 0 Å². The molecule has 4 nitrogen and oxygen atoms in total. The van der Waals surface area contributed by atoms with Crippen molar-refractivity contribution in [2.24, 2.45) is 5.92 Å². The van der Waals surface area contributed by atoms with Crippen LogP contribution in [0.5, 0.6) is 0 Å². The smallest absolute Gasteiger partial charge is 0.303 e. The molecular weight excluding hydrogens is 538 g/mol. The van der Waals surface area contributed by atoms with Crippen molar-refractivity contribution in [3.63, 3.8) is 0 Å². The number of aryl methyl sites for hydroxylation is 6. The number of hydrogen-bond donors (Lipinski definition) is 1. The number of carbonyl (C=O) groups excluding carboxylic acids is 2. The molecular formula is C37H41NO3S. The van der Waals surface area contributed by atoms with Crippen LogP contribution in [0.4, 0.5) is 5.69 Å². The maximum Gasteiger partial charge on any atom is 0.303 e. The second-order valence-electron chi connectivity index (χ2n) is 11.3. The van der Waals surface area contributed by atoms with Gasteiger partial charge in [0.2, 0.25) is 5.91 Å². The first-order chi connectivity index (χ1) is 20.0. The quantitative estimate of drug-likeness (QED) is 0.159. The Hall–Kier alpha value is -3.83. The molecule has 5 heteroatoms. The van der Waals surface area contributed by atoms with Gasteiger partial charge in [0.1, 0.15) is 6.10 Å². The molecule has 0 heterocycles. The van der Waals surface area contributed by atoms with Crippen LogP contribution in [0.25, 0.3) is 0 Å². The van der Waals surface area contributed by atoms with E-state index in [1.54, 1.807) is 11.8 Å². The van der Waals surface area contributed by atoms with Gasteiger partial charge < -0.3 is 10.1 Å². The molecule has 0 saturated heterocycles. The third-order valence-corrected chi connectivity index (χ3v) is 9.08. The minimum absolute atomic E-state index is 0.206.